The van der Waals surface area contributed by atoms with E-state index in [4.69, 9.17) is 5.73 Å². The predicted molar refractivity (Wildman–Crippen MR) is 81.4 cm³/mol. The summed E-state index contributed by atoms with van der Waals surface area (Å²) in [5.74, 6) is 0. The Hall–Kier alpha value is -0.900. The topological polar surface area (TPSA) is 41.3 Å². The summed E-state index contributed by atoms with van der Waals surface area (Å²) in [6, 6.07) is 8.92. The summed E-state index contributed by atoms with van der Waals surface area (Å²) in [5, 5.41) is 3.37. The van der Waals surface area contributed by atoms with Gasteiger partial charge in [-0.2, -0.15) is 0 Å². The van der Waals surface area contributed by atoms with Gasteiger partial charge in [0, 0.05) is 38.8 Å². The molecule has 1 aromatic rings. The monoisotopic (exact) mass is 261 g/mol. The van der Waals surface area contributed by atoms with Gasteiger partial charge in [0.15, 0.2) is 0 Å². The lowest BCUT2D eigenvalue weighted by Crippen LogP contribution is -2.45. The molecule has 0 bridgehead atoms. The maximum Gasteiger partial charge on any atom is 0.0424 e. The molecule has 1 aliphatic rings. The van der Waals surface area contributed by atoms with Gasteiger partial charge in [0.1, 0.15) is 0 Å². The Balaban J connectivity index is 1.97. The molecule has 0 spiro atoms. The molecular formula is C16H27N3. The smallest absolute Gasteiger partial charge is 0.0424 e. The standard InChI is InChI=1S/C16H27N3/c1-16(2,3)14-6-4-13(5-7-14)15(17)12-19-10-8-18-9-11-19/h4-7,15,18H,8-12,17H2,1-3H3. The van der Waals surface area contributed by atoms with E-state index >= 15 is 0 Å². The summed E-state index contributed by atoms with van der Waals surface area (Å²) in [6.07, 6.45) is 0. The summed E-state index contributed by atoms with van der Waals surface area (Å²) < 4.78 is 0. The zero-order chi connectivity index (χ0) is 13.9. The van der Waals surface area contributed by atoms with Crippen molar-refractivity contribution < 1.29 is 0 Å². The minimum atomic E-state index is 0.118. The molecule has 0 aliphatic carbocycles. The van der Waals surface area contributed by atoms with Crippen LogP contribution < -0.4 is 11.1 Å². The van der Waals surface area contributed by atoms with E-state index in [1.54, 1.807) is 0 Å². The van der Waals surface area contributed by atoms with E-state index < -0.39 is 0 Å². The van der Waals surface area contributed by atoms with Crippen LogP contribution >= 0.6 is 0 Å². The number of benzene rings is 1. The molecule has 1 atom stereocenters. The number of hydrogen-bond donors (Lipinski definition) is 2. The van der Waals surface area contributed by atoms with Gasteiger partial charge >= 0.3 is 0 Å². The second-order valence-corrected chi connectivity index (χ2v) is 6.53. The number of rotatable bonds is 3. The van der Waals surface area contributed by atoms with Crippen LogP contribution in [0.15, 0.2) is 24.3 Å². The summed E-state index contributed by atoms with van der Waals surface area (Å²) in [4.78, 5) is 2.44. The van der Waals surface area contributed by atoms with Crippen LogP contribution in [0.3, 0.4) is 0 Å². The van der Waals surface area contributed by atoms with Crippen molar-refractivity contribution >= 4 is 0 Å². The van der Waals surface area contributed by atoms with Crippen molar-refractivity contribution in [1.29, 1.82) is 0 Å². The fourth-order valence-corrected chi connectivity index (χ4v) is 2.51. The Labute approximate surface area is 117 Å². The quantitative estimate of drug-likeness (QED) is 0.873. The third-order valence-corrected chi connectivity index (χ3v) is 3.87. The van der Waals surface area contributed by atoms with Gasteiger partial charge in [0.05, 0.1) is 0 Å². The second kappa shape index (κ2) is 6.04. The molecule has 1 saturated heterocycles. The highest BCUT2D eigenvalue weighted by atomic mass is 15.2. The van der Waals surface area contributed by atoms with Crippen LogP contribution in [-0.2, 0) is 5.41 Å². The molecule has 3 N–H and O–H groups in total. The van der Waals surface area contributed by atoms with Crippen molar-refractivity contribution in [3.63, 3.8) is 0 Å². The Bertz CT molecular complexity index is 385. The van der Waals surface area contributed by atoms with Crippen LogP contribution in [-0.4, -0.2) is 37.6 Å². The van der Waals surface area contributed by atoms with E-state index in [0.29, 0.717) is 0 Å². The first-order valence-electron chi connectivity index (χ1n) is 7.26. The SMILES string of the molecule is CC(C)(C)c1ccc(C(N)CN2CCNCC2)cc1. The molecule has 0 aromatic heterocycles. The van der Waals surface area contributed by atoms with Crippen molar-refractivity contribution in [2.75, 3.05) is 32.7 Å². The van der Waals surface area contributed by atoms with Crippen molar-refractivity contribution in [2.45, 2.75) is 32.2 Å². The minimum Gasteiger partial charge on any atom is -0.323 e. The number of hydrogen-bond acceptors (Lipinski definition) is 3. The van der Waals surface area contributed by atoms with E-state index in [1.807, 2.05) is 0 Å². The van der Waals surface area contributed by atoms with Crippen LogP contribution in [0.5, 0.6) is 0 Å². The number of nitrogens with zero attached hydrogens (tertiary/aromatic N) is 1. The number of piperazine rings is 1. The third kappa shape index (κ3) is 4.03. The van der Waals surface area contributed by atoms with Crippen LogP contribution in [0.25, 0.3) is 0 Å². The molecule has 106 valence electrons. The molecule has 3 nitrogen and oxygen atoms in total. The molecular weight excluding hydrogens is 234 g/mol. The normalized spacial score (nSPS) is 19.4. The molecule has 0 radical (unpaired) electrons. The van der Waals surface area contributed by atoms with E-state index in [2.05, 4.69) is 55.3 Å². The van der Waals surface area contributed by atoms with Gasteiger partial charge in [0.2, 0.25) is 0 Å². The van der Waals surface area contributed by atoms with E-state index in [0.717, 1.165) is 32.7 Å². The Morgan fingerprint density at radius 3 is 2.26 bits per heavy atom. The zero-order valence-electron chi connectivity index (χ0n) is 12.4. The molecule has 0 saturated carbocycles. The number of nitrogens with two attached hydrogens (primary N) is 1. The predicted octanol–water partition coefficient (Wildman–Crippen LogP) is 1.89. The lowest BCUT2D eigenvalue weighted by atomic mass is 9.86. The highest BCUT2D eigenvalue weighted by Crippen LogP contribution is 2.23. The maximum absolute atomic E-state index is 6.32. The highest BCUT2D eigenvalue weighted by molar-refractivity contribution is 5.29. The summed E-state index contributed by atoms with van der Waals surface area (Å²) in [6.45, 7) is 12.0. The van der Waals surface area contributed by atoms with E-state index in [9.17, 15) is 0 Å². The van der Waals surface area contributed by atoms with Crippen LogP contribution in [0.4, 0.5) is 0 Å². The van der Waals surface area contributed by atoms with E-state index in [-0.39, 0.29) is 11.5 Å². The molecule has 0 amide bonds. The Morgan fingerprint density at radius 2 is 1.74 bits per heavy atom. The lowest BCUT2D eigenvalue weighted by Gasteiger charge is -2.29. The first-order chi connectivity index (χ1) is 8.97. The van der Waals surface area contributed by atoms with E-state index in [1.165, 1.54) is 11.1 Å². The van der Waals surface area contributed by atoms with Crippen LogP contribution in [0, 0.1) is 0 Å². The molecule has 1 aromatic carbocycles. The van der Waals surface area contributed by atoms with Gasteiger partial charge in [0.25, 0.3) is 0 Å². The highest BCUT2D eigenvalue weighted by Gasteiger charge is 2.16. The van der Waals surface area contributed by atoms with Crippen LogP contribution in [0.2, 0.25) is 0 Å². The molecule has 3 heteroatoms. The summed E-state index contributed by atoms with van der Waals surface area (Å²) >= 11 is 0. The molecule has 2 rings (SSSR count). The van der Waals surface area contributed by atoms with Crippen molar-refractivity contribution in [1.82, 2.24) is 10.2 Å². The molecule has 1 unspecified atom stereocenters. The largest absolute Gasteiger partial charge is 0.323 e. The lowest BCUT2D eigenvalue weighted by molar-refractivity contribution is 0.228. The fourth-order valence-electron chi connectivity index (χ4n) is 2.51. The maximum atomic E-state index is 6.32. The molecule has 1 aliphatic heterocycles. The van der Waals surface area contributed by atoms with Gasteiger partial charge < -0.3 is 11.1 Å². The van der Waals surface area contributed by atoms with Gasteiger partial charge in [-0.3, -0.25) is 4.90 Å². The van der Waals surface area contributed by atoms with Gasteiger partial charge in [-0.25, -0.2) is 0 Å². The zero-order valence-corrected chi connectivity index (χ0v) is 12.4. The molecule has 1 heterocycles. The Kier molecular flexibility index (Phi) is 4.61. The molecule has 1 fully saturated rings. The Morgan fingerprint density at radius 1 is 1.16 bits per heavy atom. The first kappa shape index (κ1) is 14.5. The van der Waals surface area contributed by atoms with Crippen molar-refractivity contribution in [3.05, 3.63) is 35.4 Å². The minimum absolute atomic E-state index is 0.118. The first-order valence-corrected chi connectivity index (χ1v) is 7.26. The fraction of sp³-hybridized carbons (Fsp3) is 0.625. The molecule has 19 heavy (non-hydrogen) atoms. The summed E-state index contributed by atoms with van der Waals surface area (Å²) in [5.41, 5.74) is 9.14. The summed E-state index contributed by atoms with van der Waals surface area (Å²) in [7, 11) is 0. The van der Waals surface area contributed by atoms with Gasteiger partial charge in [-0.1, -0.05) is 45.0 Å². The second-order valence-electron chi connectivity index (χ2n) is 6.53. The van der Waals surface area contributed by atoms with Gasteiger partial charge in [-0.15, -0.1) is 0 Å². The number of nitrogens with one attached hydrogen (secondary N) is 1. The van der Waals surface area contributed by atoms with Crippen molar-refractivity contribution in [3.8, 4) is 0 Å². The van der Waals surface area contributed by atoms with Crippen LogP contribution in [0.1, 0.15) is 37.9 Å². The van der Waals surface area contributed by atoms with Crippen molar-refractivity contribution in [2.24, 2.45) is 5.73 Å². The average Bonchev–Trinajstić information content (AvgIpc) is 2.39. The van der Waals surface area contributed by atoms with Gasteiger partial charge in [-0.05, 0) is 16.5 Å². The third-order valence-electron chi connectivity index (χ3n) is 3.87. The average molecular weight is 261 g/mol.